The van der Waals surface area contributed by atoms with Crippen molar-refractivity contribution in [1.82, 2.24) is 5.32 Å². The average molecular weight is 278 g/mol. The predicted octanol–water partition coefficient (Wildman–Crippen LogP) is 4.10. The molecule has 21 heavy (non-hydrogen) atoms. The van der Waals surface area contributed by atoms with Crippen molar-refractivity contribution in [3.63, 3.8) is 0 Å². The number of aryl methyl sites for hydroxylation is 1. The maximum Gasteiger partial charge on any atom is 0.0340 e. The fraction of sp³-hybridized carbons (Fsp3) is 0.158. The van der Waals surface area contributed by atoms with Gasteiger partial charge in [0.1, 0.15) is 0 Å². The van der Waals surface area contributed by atoms with E-state index in [1.165, 1.54) is 5.56 Å². The van der Waals surface area contributed by atoms with Crippen LogP contribution in [0, 0.1) is 0 Å². The Bertz CT molecular complexity index is 615. The van der Waals surface area contributed by atoms with Crippen molar-refractivity contribution in [1.29, 1.82) is 0 Å². The summed E-state index contributed by atoms with van der Waals surface area (Å²) in [5, 5.41) is 3.37. The third-order valence-corrected chi connectivity index (χ3v) is 3.47. The molecular formula is C19H22N2. The van der Waals surface area contributed by atoms with Gasteiger partial charge >= 0.3 is 0 Å². The van der Waals surface area contributed by atoms with E-state index in [1.807, 2.05) is 36.4 Å². The summed E-state index contributed by atoms with van der Waals surface area (Å²) in [4.78, 5) is 0. The maximum absolute atomic E-state index is 5.79. The molecule has 0 aliphatic heterocycles. The summed E-state index contributed by atoms with van der Waals surface area (Å²) in [7, 11) is 0. The third-order valence-electron chi connectivity index (χ3n) is 3.47. The number of benzene rings is 2. The first-order valence-corrected chi connectivity index (χ1v) is 7.19. The van der Waals surface area contributed by atoms with Crippen molar-refractivity contribution < 1.29 is 0 Å². The van der Waals surface area contributed by atoms with Gasteiger partial charge in [-0.05, 0) is 41.7 Å². The molecule has 0 aliphatic carbocycles. The first kappa shape index (κ1) is 14.9. The van der Waals surface area contributed by atoms with Gasteiger partial charge in [-0.25, -0.2) is 0 Å². The third kappa shape index (κ3) is 4.25. The number of anilines is 1. The van der Waals surface area contributed by atoms with E-state index in [-0.39, 0.29) is 0 Å². The second-order valence-corrected chi connectivity index (χ2v) is 5.04. The van der Waals surface area contributed by atoms with Crippen LogP contribution in [0.1, 0.15) is 23.1 Å². The number of nitrogens with one attached hydrogen (secondary N) is 1. The fourth-order valence-electron chi connectivity index (χ4n) is 2.29. The van der Waals surface area contributed by atoms with Gasteiger partial charge in [0.2, 0.25) is 0 Å². The number of rotatable bonds is 7. The Hall–Kier alpha value is -2.48. The predicted molar refractivity (Wildman–Crippen MR) is 92.7 cm³/mol. The molecule has 0 amide bonds. The molecule has 0 fully saturated rings. The van der Waals surface area contributed by atoms with E-state index in [9.17, 15) is 0 Å². The van der Waals surface area contributed by atoms with E-state index in [0.29, 0.717) is 0 Å². The molecule has 108 valence electrons. The highest BCUT2D eigenvalue weighted by Crippen LogP contribution is 2.16. The van der Waals surface area contributed by atoms with Crippen molar-refractivity contribution in [3.05, 3.63) is 78.4 Å². The zero-order chi connectivity index (χ0) is 15.1. The normalized spacial score (nSPS) is 10.1. The van der Waals surface area contributed by atoms with Crippen molar-refractivity contribution in [2.24, 2.45) is 0 Å². The topological polar surface area (TPSA) is 38.0 Å². The number of hydrogen-bond acceptors (Lipinski definition) is 2. The van der Waals surface area contributed by atoms with E-state index in [0.717, 1.165) is 41.9 Å². The highest BCUT2D eigenvalue weighted by Gasteiger charge is 2.01. The van der Waals surface area contributed by atoms with Crippen LogP contribution in [-0.2, 0) is 6.42 Å². The van der Waals surface area contributed by atoms with Gasteiger partial charge in [0, 0.05) is 17.9 Å². The monoisotopic (exact) mass is 278 g/mol. The quantitative estimate of drug-likeness (QED) is 0.591. The summed E-state index contributed by atoms with van der Waals surface area (Å²) in [6.45, 7) is 8.81. The first-order chi connectivity index (χ1) is 10.2. The number of hydrogen-bond donors (Lipinski definition) is 2. The summed E-state index contributed by atoms with van der Waals surface area (Å²) in [5.74, 6) is 0. The molecular weight excluding hydrogens is 256 g/mol. The molecule has 0 saturated heterocycles. The molecule has 2 nitrogen and oxygen atoms in total. The molecule has 0 saturated carbocycles. The minimum atomic E-state index is 0.782. The lowest BCUT2D eigenvalue weighted by molar-refractivity contribution is 0.762. The van der Waals surface area contributed by atoms with Crippen molar-refractivity contribution in [2.45, 2.75) is 12.8 Å². The molecule has 0 unspecified atom stereocenters. The summed E-state index contributed by atoms with van der Waals surface area (Å²) in [6.07, 6.45) is 3.90. The Kier molecular flexibility index (Phi) is 5.22. The summed E-state index contributed by atoms with van der Waals surface area (Å²) >= 11 is 0. The molecule has 2 rings (SSSR count). The Balaban J connectivity index is 1.83. The minimum absolute atomic E-state index is 0.782. The summed E-state index contributed by atoms with van der Waals surface area (Å²) in [5.41, 5.74) is 11.1. The van der Waals surface area contributed by atoms with Gasteiger partial charge < -0.3 is 11.1 Å². The van der Waals surface area contributed by atoms with Gasteiger partial charge in [0.15, 0.2) is 0 Å². The fourth-order valence-corrected chi connectivity index (χ4v) is 2.29. The van der Waals surface area contributed by atoms with E-state index in [1.54, 1.807) is 0 Å². The van der Waals surface area contributed by atoms with Crippen molar-refractivity contribution in [3.8, 4) is 0 Å². The molecule has 0 bridgehead atoms. The molecule has 0 aliphatic rings. The van der Waals surface area contributed by atoms with Gasteiger partial charge in [-0.15, -0.1) is 0 Å². The van der Waals surface area contributed by atoms with Gasteiger partial charge in [-0.3, -0.25) is 0 Å². The molecule has 0 atom stereocenters. The molecule has 0 heterocycles. The second kappa shape index (κ2) is 7.34. The van der Waals surface area contributed by atoms with Crippen LogP contribution >= 0.6 is 0 Å². The molecule has 2 heteroatoms. The lowest BCUT2D eigenvalue weighted by atomic mass is 10.0. The second-order valence-electron chi connectivity index (χ2n) is 5.04. The van der Waals surface area contributed by atoms with Crippen molar-refractivity contribution >= 4 is 17.5 Å². The standard InChI is InChI=1S/C19H22N2/c1-3-16-14-19(20)12-11-18(16)10-7-13-21-15(2)17-8-5-4-6-9-17/h3-6,8-9,11-12,14,21H,1-2,7,10,13,20H2. The van der Waals surface area contributed by atoms with Crippen LogP contribution in [0.2, 0.25) is 0 Å². The Morgan fingerprint density at radius 1 is 1.14 bits per heavy atom. The molecule has 0 radical (unpaired) electrons. The van der Waals surface area contributed by atoms with Crippen LogP contribution in [0.25, 0.3) is 11.8 Å². The minimum Gasteiger partial charge on any atom is -0.399 e. The van der Waals surface area contributed by atoms with E-state index >= 15 is 0 Å². The van der Waals surface area contributed by atoms with Gasteiger partial charge in [-0.2, -0.15) is 0 Å². The Labute approximate surface area is 127 Å². The molecule has 2 aromatic rings. The van der Waals surface area contributed by atoms with Crippen molar-refractivity contribution in [2.75, 3.05) is 12.3 Å². The van der Waals surface area contributed by atoms with E-state index in [2.05, 4.69) is 36.7 Å². The molecule has 3 N–H and O–H groups in total. The van der Waals surface area contributed by atoms with Crippen LogP contribution in [-0.4, -0.2) is 6.54 Å². The van der Waals surface area contributed by atoms with Crippen LogP contribution < -0.4 is 11.1 Å². The molecule has 0 aromatic heterocycles. The van der Waals surface area contributed by atoms with Gasteiger partial charge in [0.05, 0.1) is 0 Å². The van der Waals surface area contributed by atoms with Crippen LogP contribution in [0.15, 0.2) is 61.7 Å². The SMILES string of the molecule is C=Cc1cc(N)ccc1CCCNC(=C)c1ccccc1. The van der Waals surface area contributed by atoms with E-state index in [4.69, 9.17) is 5.73 Å². The van der Waals surface area contributed by atoms with E-state index < -0.39 is 0 Å². The first-order valence-electron chi connectivity index (χ1n) is 7.19. The zero-order valence-corrected chi connectivity index (χ0v) is 12.3. The molecule has 2 aromatic carbocycles. The van der Waals surface area contributed by atoms with Gasteiger partial charge in [-0.1, -0.05) is 55.6 Å². The van der Waals surface area contributed by atoms with Gasteiger partial charge in [0.25, 0.3) is 0 Å². The lowest BCUT2D eigenvalue weighted by Crippen LogP contribution is -2.13. The highest BCUT2D eigenvalue weighted by atomic mass is 14.9. The average Bonchev–Trinajstić information content (AvgIpc) is 2.53. The summed E-state index contributed by atoms with van der Waals surface area (Å²) in [6, 6.07) is 16.2. The maximum atomic E-state index is 5.79. The van der Waals surface area contributed by atoms with Crippen LogP contribution in [0.5, 0.6) is 0 Å². The van der Waals surface area contributed by atoms with Crippen LogP contribution in [0.3, 0.4) is 0 Å². The molecule has 0 spiro atoms. The Morgan fingerprint density at radius 3 is 2.62 bits per heavy atom. The zero-order valence-electron chi connectivity index (χ0n) is 12.3. The number of nitrogen functional groups attached to an aromatic ring is 1. The summed E-state index contributed by atoms with van der Waals surface area (Å²) < 4.78 is 0. The largest absolute Gasteiger partial charge is 0.399 e. The van der Waals surface area contributed by atoms with Crippen LogP contribution in [0.4, 0.5) is 5.69 Å². The highest BCUT2D eigenvalue weighted by molar-refractivity contribution is 5.61. The Morgan fingerprint density at radius 2 is 1.90 bits per heavy atom. The smallest absolute Gasteiger partial charge is 0.0340 e. The number of nitrogens with two attached hydrogens (primary N) is 1. The lowest BCUT2D eigenvalue weighted by Gasteiger charge is -2.11.